The molecular formula is C22H23NO4. The van der Waals surface area contributed by atoms with Crippen molar-refractivity contribution in [2.45, 2.75) is 32.2 Å². The molecule has 1 unspecified atom stereocenters. The number of ether oxygens (including phenoxy) is 3. The van der Waals surface area contributed by atoms with Crippen molar-refractivity contribution in [3.05, 3.63) is 77.5 Å². The van der Waals surface area contributed by atoms with E-state index < -0.39 is 0 Å². The van der Waals surface area contributed by atoms with Gasteiger partial charge >= 0.3 is 6.09 Å². The first-order valence-corrected chi connectivity index (χ1v) is 9.30. The molecule has 0 fully saturated rings. The van der Waals surface area contributed by atoms with Crippen LogP contribution in [0.25, 0.3) is 0 Å². The maximum Gasteiger partial charge on any atom is 0.414 e. The van der Waals surface area contributed by atoms with Crippen LogP contribution in [0.4, 0.5) is 4.79 Å². The number of hydrogen-bond donors (Lipinski definition) is 0. The molecule has 5 nitrogen and oxygen atoms in total. The number of amides is 1. The van der Waals surface area contributed by atoms with Crippen LogP contribution in [0.15, 0.2) is 60.8 Å². The van der Waals surface area contributed by atoms with E-state index in [0.29, 0.717) is 13.2 Å². The van der Waals surface area contributed by atoms with E-state index in [1.165, 1.54) is 11.1 Å². The van der Waals surface area contributed by atoms with Gasteiger partial charge in [-0.1, -0.05) is 36.4 Å². The van der Waals surface area contributed by atoms with E-state index in [-0.39, 0.29) is 18.8 Å². The van der Waals surface area contributed by atoms with E-state index in [1.807, 2.05) is 42.5 Å². The second-order valence-corrected chi connectivity index (χ2v) is 6.75. The minimum absolute atomic E-state index is 0.0407. The maximum absolute atomic E-state index is 12.2. The molecule has 2 aromatic rings. The standard InChI is InChI=1S/C22H23NO4/c24-22(26-15-17-4-2-1-3-5-17)23-11-8-20(9-12-23)27-21-7-6-19-16-25-13-10-18(19)14-21/h1-8,11,14,20H,9-10,12-13,15-16H2. The summed E-state index contributed by atoms with van der Waals surface area (Å²) in [6, 6.07) is 15.8. The maximum atomic E-state index is 12.2. The minimum atomic E-state index is -0.331. The van der Waals surface area contributed by atoms with Crippen LogP contribution < -0.4 is 4.74 Å². The molecule has 2 aliphatic heterocycles. The summed E-state index contributed by atoms with van der Waals surface area (Å²) in [5.74, 6) is 0.866. The zero-order chi connectivity index (χ0) is 18.5. The largest absolute Gasteiger partial charge is 0.486 e. The zero-order valence-electron chi connectivity index (χ0n) is 15.2. The predicted octanol–water partition coefficient (Wildman–Crippen LogP) is 4.06. The Bertz CT molecular complexity index is 818. The van der Waals surface area contributed by atoms with Crippen molar-refractivity contribution in [1.29, 1.82) is 0 Å². The Balaban J connectivity index is 1.30. The second-order valence-electron chi connectivity index (χ2n) is 6.75. The van der Waals surface area contributed by atoms with Crippen LogP contribution >= 0.6 is 0 Å². The average Bonchev–Trinajstić information content (AvgIpc) is 2.73. The first kappa shape index (κ1) is 17.6. The SMILES string of the molecule is O=C(OCc1ccccc1)N1C=CC(Oc2ccc3c(c2)CCOC3)CC1. The molecule has 0 aromatic heterocycles. The highest BCUT2D eigenvalue weighted by atomic mass is 16.6. The Labute approximate surface area is 159 Å². The number of rotatable bonds is 4. The number of carbonyl (C=O) groups is 1. The lowest BCUT2D eigenvalue weighted by molar-refractivity contribution is 0.102. The molecule has 0 aliphatic carbocycles. The summed E-state index contributed by atoms with van der Waals surface area (Å²) in [6.07, 6.45) is 4.96. The molecule has 2 aliphatic rings. The van der Waals surface area contributed by atoms with Gasteiger partial charge in [0.15, 0.2) is 0 Å². The molecule has 2 aromatic carbocycles. The molecule has 0 saturated heterocycles. The van der Waals surface area contributed by atoms with Crippen LogP contribution in [0.1, 0.15) is 23.1 Å². The van der Waals surface area contributed by atoms with Gasteiger partial charge in [0, 0.05) is 19.2 Å². The molecule has 0 N–H and O–H groups in total. The average molecular weight is 365 g/mol. The Morgan fingerprint density at radius 1 is 1.15 bits per heavy atom. The van der Waals surface area contributed by atoms with Crippen molar-refractivity contribution in [3.63, 3.8) is 0 Å². The van der Waals surface area contributed by atoms with Gasteiger partial charge in [-0.3, -0.25) is 4.90 Å². The van der Waals surface area contributed by atoms with Crippen LogP contribution in [0.2, 0.25) is 0 Å². The highest BCUT2D eigenvalue weighted by molar-refractivity contribution is 5.69. The van der Waals surface area contributed by atoms with Crippen molar-refractivity contribution in [3.8, 4) is 5.75 Å². The summed E-state index contributed by atoms with van der Waals surface area (Å²) < 4.78 is 16.9. The molecule has 2 heterocycles. The van der Waals surface area contributed by atoms with E-state index in [4.69, 9.17) is 14.2 Å². The number of hydrogen-bond acceptors (Lipinski definition) is 4. The summed E-state index contributed by atoms with van der Waals surface area (Å²) in [5, 5.41) is 0. The first-order chi connectivity index (χ1) is 13.3. The van der Waals surface area contributed by atoms with Crippen LogP contribution in [0.3, 0.4) is 0 Å². The quantitative estimate of drug-likeness (QED) is 0.820. The number of nitrogens with zero attached hydrogens (tertiary/aromatic N) is 1. The van der Waals surface area contributed by atoms with Crippen LogP contribution in [0, 0.1) is 0 Å². The smallest absolute Gasteiger partial charge is 0.414 e. The summed E-state index contributed by atoms with van der Waals surface area (Å²) in [7, 11) is 0. The number of benzene rings is 2. The lowest BCUT2D eigenvalue weighted by Crippen LogP contribution is -2.34. The normalized spacial score (nSPS) is 18.7. The van der Waals surface area contributed by atoms with Gasteiger partial charge in [0.25, 0.3) is 0 Å². The third-order valence-electron chi connectivity index (χ3n) is 4.81. The summed E-state index contributed by atoms with van der Waals surface area (Å²) in [4.78, 5) is 13.8. The van der Waals surface area contributed by atoms with E-state index in [2.05, 4.69) is 12.1 Å². The molecule has 140 valence electrons. The Morgan fingerprint density at radius 3 is 2.85 bits per heavy atom. The summed E-state index contributed by atoms with van der Waals surface area (Å²) in [6.45, 7) is 2.30. The molecule has 1 amide bonds. The Kier molecular flexibility index (Phi) is 5.39. The van der Waals surface area contributed by atoms with Crippen LogP contribution in [-0.2, 0) is 29.1 Å². The molecule has 5 heteroatoms. The molecule has 0 bridgehead atoms. The Hall–Kier alpha value is -2.79. The van der Waals surface area contributed by atoms with E-state index in [9.17, 15) is 4.79 Å². The third kappa shape index (κ3) is 4.49. The fourth-order valence-electron chi connectivity index (χ4n) is 3.28. The first-order valence-electron chi connectivity index (χ1n) is 9.30. The zero-order valence-corrected chi connectivity index (χ0v) is 15.2. The fourth-order valence-corrected chi connectivity index (χ4v) is 3.28. The number of carbonyl (C=O) groups excluding carboxylic acids is 1. The van der Waals surface area contributed by atoms with Crippen molar-refractivity contribution in [2.75, 3.05) is 13.2 Å². The van der Waals surface area contributed by atoms with Gasteiger partial charge in [0.1, 0.15) is 18.5 Å². The van der Waals surface area contributed by atoms with E-state index in [1.54, 1.807) is 11.1 Å². The topological polar surface area (TPSA) is 48.0 Å². The van der Waals surface area contributed by atoms with Gasteiger partial charge in [-0.2, -0.15) is 0 Å². The van der Waals surface area contributed by atoms with Gasteiger partial charge in [-0.05, 0) is 41.3 Å². The highest BCUT2D eigenvalue weighted by Gasteiger charge is 2.21. The van der Waals surface area contributed by atoms with Crippen molar-refractivity contribution < 1.29 is 19.0 Å². The molecule has 1 atom stereocenters. The lowest BCUT2D eigenvalue weighted by Gasteiger charge is -2.26. The molecule has 0 spiro atoms. The number of fused-ring (bicyclic) bond motifs is 1. The van der Waals surface area contributed by atoms with Crippen LogP contribution in [0.5, 0.6) is 5.75 Å². The monoisotopic (exact) mass is 365 g/mol. The van der Waals surface area contributed by atoms with Crippen LogP contribution in [-0.4, -0.2) is 30.2 Å². The van der Waals surface area contributed by atoms with Crippen molar-refractivity contribution in [2.24, 2.45) is 0 Å². The van der Waals surface area contributed by atoms with Gasteiger partial charge in [-0.25, -0.2) is 4.79 Å². The molecule has 0 radical (unpaired) electrons. The molecular weight excluding hydrogens is 342 g/mol. The highest BCUT2D eigenvalue weighted by Crippen LogP contribution is 2.24. The molecule has 27 heavy (non-hydrogen) atoms. The van der Waals surface area contributed by atoms with E-state index in [0.717, 1.165) is 30.8 Å². The predicted molar refractivity (Wildman–Crippen MR) is 101 cm³/mol. The van der Waals surface area contributed by atoms with E-state index >= 15 is 0 Å². The van der Waals surface area contributed by atoms with Gasteiger partial charge in [0.2, 0.25) is 0 Å². The lowest BCUT2D eigenvalue weighted by atomic mass is 10.0. The Morgan fingerprint density at radius 2 is 2.04 bits per heavy atom. The third-order valence-corrected chi connectivity index (χ3v) is 4.81. The van der Waals surface area contributed by atoms with Gasteiger partial charge in [-0.15, -0.1) is 0 Å². The van der Waals surface area contributed by atoms with Crippen molar-refractivity contribution >= 4 is 6.09 Å². The molecule has 4 rings (SSSR count). The fraction of sp³-hybridized carbons (Fsp3) is 0.318. The van der Waals surface area contributed by atoms with Gasteiger partial charge in [0.05, 0.1) is 13.2 Å². The minimum Gasteiger partial charge on any atom is -0.486 e. The molecule has 0 saturated carbocycles. The summed E-state index contributed by atoms with van der Waals surface area (Å²) >= 11 is 0. The van der Waals surface area contributed by atoms with Crippen molar-refractivity contribution in [1.82, 2.24) is 4.90 Å². The summed E-state index contributed by atoms with van der Waals surface area (Å²) in [5.41, 5.74) is 3.51. The second kappa shape index (κ2) is 8.27. The van der Waals surface area contributed by atoms with Gasteiger partial charge < -0.3 is 14.2 Å².